The lowest BCUT2D eigenvalue weighted by Gasteiger charge is -2.18. The predicted octanol–water partition coefficient (Wildman–Crippen LogP) is 5.11. The van der Waals surface area contributed by atoms with Crippen LogP contribution in [0.25, 0.3) is 0 Å². The second kappa shape index (κ2) is 9.57. The maximum absolute atomic E-state index is 3.67. The highest BCUT2D eigenvalue weighted by atomic mass is 79.9. The lowest BCUT2D eigenvalue weighted by molar-refractivity contribution is 0.526. The van der Waals surface area contributed by atoms with Gasteiger partial charge in [0.1, 0.15) is 0 Å². The van der Waals surface area contributed by atoms with Crippen LogP contribution in [0.5, 0.6) is 0 Å². The van der Waals surface area contributed by atoms with Crippen molar-refractivity contribution >= 4 is 15.9 Å². The van der Waals surface area contributed by atoms with Gasteiger partial charge in [0.2, 0.25) is 0 Å². The molecule has 0 radical (unpaired) electrons. The average Bonchev–Trinajstić information content (AvgIpc) is 2.38. The average molecular weight is 312 g/mol. The van der Waals surface area contributed by atoms with Gasteiger partial charge in [-0.05, 0) is 31.0 Å². The van der Waals surface area contributed by atoms with Crippen molar-refractivity contribution in [2.45, 2.75) is 51.4 Å². The van der Waals surface area contributed by atoms with Crippen LogP contribution in [0.1, 0.15) is 56.9 Å². The number of hydrogen-bond acceptors (Lipinski definition) is 1. The normalized spacial score (nSPS) is 12.6. The molecule has 1 nitrogen and oxygen atoms in total. The Balaban J connectivity index is 2.47. The van der Waals surface area contributed by atoms with E-state index in [4.69, 9.17) is 0 Å². The van der Waals surface area contributed by atoms with E-state index in [0.717, 1.165) is 6.54 Å². The van der Waals surface area contributed by atoms with E-state index in [0.29, 0.717) is 5.92 Å². The van der Waals surface area contributed by atoms with E-state index in [9.17, 15) is 0 Å². The van der Waals surface area contributed by atoms with E-state index in [1.807, 2.05) is 7.05 Å². The van der Waals surface area contributed by atoms with Gasteiger partial charge in [0.15, 0.2) is 0 Å². The van der Waals surface area contributed by atoms with Crippen molar-refractivity contribution in [3.8, 4) is 0 Å². The van der Waals surface area contributed by atoms with Crippen LogP contribution >= 0.6 is 15.9 Å². The number of hydrogen-bond donors (Lipinski definition) is 1. The molecule has 0 aliphatic rings. The second-order valence-corrected chi connectivity index (χ2v) is 5.83. The van der Waals surface area contributed by atoms with Crippen LogP contribution in [0.4, 0.5) is 0 Å². The summed E-state index contributed by atoms with van der Waals surface area (Å²) in [6.45, 7) is 3.33. The molecule has 0 heterocycles. The molecule has 0 aliphatic heterocycles. The van der Waals surface area contributed by atoms with Gasteiger partial charge in [-0.1, -0.05) is 73.2 Å². The molecule has 0 aromatic heterocycles. The Hall–Kier alpha value is -0.340. The molecule has 0 saturated heterocycles. The molecule has 1 aromatic rings. The molecule has 0 fully saturated rings. The van der Waals surface area contributed by atoms with Crippen LogP contribution in [0, 0.1) is 0 Å². The predicted molar refractivity (Wildman–Crippen MR) is 84.2 cm³/mol. The molecule has 0 spiro atoms. The third-order valence-electron chi connectivity index (χ3n) is 3.45. The minimum Gasteiger partial charge on any atom is -0.319 e. The second-order valence-electron chi connectivity index (χ2n) is 4.98. The van der Waals surface area contributed by atoms with Crippen LogP contribution in [0.15, 0.2) is 28.7 Å². The summed E-state index contributed by atoms with van der Waals surface area (Å²) in [7, 11) is 2.04. The van der Waals surface area contributed by atoms with Crippen molar-refractivity contribution < 1.29 is 0 Å². The summed E-state index contributed by atoms with van der Waals surface area (Å²) in [4.78, 5) is 0. The first-order valence-electron chi connectivity index (χ1n) is 7.18. The Bertz CT molecular complexity index is 325. The molecule has 18 heavy (non-hydrogen) atoms. The highest BCUT2D eigenvalue weighted by Crippen LogP contribution is 2.28. The van der Waals surface area contributed by atoms with Gasteiger partial charge in [0.05, 0.1) is 0 Å². The van der Waals surface area contributed by atoms with Crippen LogP contribution in [-0.4, -0.2) is 13.6 Å². The molecule has 1 atom stereocenters. The van der Waals surface area contributed by atoms with Crippen molar-refractivity contribution in [2.75, 3.05) is 13.6 Å². The van der Waals surface area contributed by atoms with Gasteiger partial charge < -0.3 is 5.32 Å². The third-order valence-corrected chi connectivity index (χ3v) is 4.17. The molecular weight excluding hydrogens is 286 g/mol. The SMILES string of the molecule is CCCCCCCC(CNC)c1ccccc1Br. The first-order valence-corrected chi connectivity index (χ1v) is 7.98. The molecule has 102 valence electrons. The smallest absolute Gasteiger partial charge is 0.0210 e. The molecule has 0 bridgehead atoms. The lowest BCUT2D eigenvalue weighted by Crippen LogP contribution is -2.17. The van der Waals surface area contributed by atoms with Crippen molar-refractivity contribution in [2.24, 2.45) is 0 Å². The van der Waals surface area contributed by atoms with Gasteiger partial charge in [-0.2, -0.15) is 0 Å². The minimum atomic E-state index is 0.632. The highest BCUT2D eigenvalue weighted by molar-refractivity contribution is 9.10. The number of unbranched alkanes of at least 4 members (excludes halogenated alkanes) is 4. The van der Waals surface area contributed by atoms with E-state index < -0.39 is 0 Å². The van der Waals surface area contributed by atoms with Crippen molar-refractivity contribution in [1.82, 2.24) is 5.32 Å². The van der Waals surface area contributed by atoms with Crippen molar-refractivity contribution in [3.63, 3.8) is 0 Å². The molecule has 2 heteroatoms. The summed E-state index contributed by atoms with van der Waals surface area (Å²) < 4.78 is 1.25. The largest absolute Gasteiger partial charge is 0.319 e. The Morgan fingerprint density at radius 1 is 1.11 bits per heavy atom. The molecule has 0 amide bonds. The maximum atomic E-state index is 3.67. The van der Waals surface area contributed by atoms with Gasteiger partial charge in [0.25, 0.3) is 0 Å². The Morgan fingerprint density at radius 3 is 2.50 bits per heavy atom. The Morgan fingerprint density at radius 2 is 1.83 bits per heavy atom. The first-order chi connectivity index (χ1) is 8.79. The van der Waals surface area contributed by atoms with E-state index in [2.05, 4.69) is 52.4 Å². The van der Waals surface area contributed by atoms with Gasteiger partial charge in [-0.3, -0.25) is 0 Å². The summed E-state index contributed by atoms with van der Waals surface area (Å²) in [6, 6.07) is 8.62. The van der Waals surface area contributed by atoms with Crippen molar-refractivity contribution in [3.05, 3.63) is 34.3 Å². The number of benzene rings is 1. The zero-order valence-corrected chi connectivity index (χ0v) is 13.3. The van der Waals surface area contributed by atoms with E-state index in [1.165, 1.54) is 48.6 Å². The Labute approximate surface area is 120 Å². The van der Waals surface area contributed by atoms with Gasteiger partial charge >= 0.3 is 0 Å². The summed E-state index contributed by atoms with van der Waals surface area (Å²) in [5.41, 5.74) is 1.45. The standard InChI is InChI=1S/C16H26BrN/c1-3-4-5-6-7-10-14(13-18-2)15-11-8-9-12-16(15)17/h8-9,11-12,14,18H,3-7,10,13H2,1-2H3. The number of halogens is 1. The maximum Gasteiger partial charge on any atom is 0.0210 e. The van der Waals surface area contributed by atoms with Gasteiger partial charge in [-0.15, -0.1) is 0 Å². The lowest BCUT2D eigenvalue weighted by atomic mass is 9.93. The Kier molecular flexibility index (Phi) is 8.36. The minimum absolute atomic E-state index is 0.632. The summed E-state index contributed by atoms with van der Waals surface area (Å²) in [5.74, 6) is 0.632. The fourth-order valence-corrected chi connectivity index (χ4v) is 3.02. The molecule has 1 N–H and O–H groups in total. The molecule has 0 saturated carbocycles. The molecule has 1 aromatic carbocycles. The highest BCUT2D eigenvalue weighted by Gasteiger charge is 2.12. The third kappa shape index (κ3) is 5.53. The molecular formula is C16H26BrN. The number of rotatable bonds is 9. The van der Waals surface area contributed by atoms with Gasteiger partial charge in [0, 0.05) is 11.0 Å². The quantitative estimate of drug-likeness (QED) is 0.625. The fraction of sp³-hybridized carbons (Fsp3) is 0.625. The van der Waals surface area contributed by atoms with Crippen LogP contribution in [0.2, 0.25) is 0 Å². The van der Waals surface area contributed by atoms with Crippen molar-refractivity contribution in [1.29, 1.82) is 0 Å². The summed E-state index contributed by atoms with van der Waals surface area (Å²) in [6.07, 6.45) is 8.09. The number of nitrogens with one attached hydrogen (secondary N) is 1. The first kappa shape index (κ1) is 15.7. The summed E-state index contributed by atoms with van der Waals surface area (Å²) in [5, 5.41) is 3.32. The van der Waals surface area contributed by atoms with E-state index in [1.54, 1.807) is 0 Å². The molecule has 1 unspecified atom stereocenters. The monoisotopic (exact) mass is 311 g/mol. The molecule has 0 aliphatic carbocycles. The fourth-order valence-electron chi connectivity index (χ4n) is 2.41. The summed E-state index contributed by atoms with van der Waals surface area (Å²) >= 11 is 3.67. The van der Waals surface area contributed by atoms with Crippen LogP contribution in [-0.2, 0) is 0 Å². The zero-order chi connectivity index (χ0) is 13.2. The van der Waals surface area contributed by atoms with E-state index >= 15 is 0 Å². The van der Waals surface area contributed by atoms with E-state index in [-0.39, 0.29) is 0 Å². The van der Waals surface area contributed by atoms with Crippen LogP contribution < -0.4 is 5.32 Å². The topological polar surface area (TPSA) is 12.0 Å². The van der Waals surface area contributed by atoms with Crippen LogP contribution in [0.3, 0.4) is 0 Å². The zero-order valence-electron chi connectivity index (χ0n) is 11.7. The molecule has 1 rings (SSSR count). The number of likely N-dealkylation sites (N-methyl/N-ethyl adjacent to an activating group) is 1. The van der Waals surface area contributed by atoms with Gasteiger partial charge in [-0.25, -0.2) is 0 Å².